The van der Waals surface area contributed by atoms with Gasteiger partial charge < -0.3 is 4.74 Å². The monoisotopic (exact) mass is 116 g/mol. The van der Waals surface area contributed by atoms with Crippen LogP contribution in [0.5, 0.6) is 0 Å². The van der Waals surface area contributed by atoms with E-state index in [-0.39, 0.29) is 0 Å². The van der Waals surface area contributed by atoms with Gasteiger partial charge in [0.25, 0.3) is 0 Å². The van der Waals surface area contributed by atoms with Gasteiger partial charge in [0, 0.05) is 5.41 Å². The highest BCUT2D eigenvalue weighted by atomic mass is 32.1. The Morgan fingerprint density at radius 1 is 1.86 bits per heavy atom. The van der Waals surface area contributed by atoms with Gasteiger partial charge >= 0.3 is 0 Å². The molecule has 0 aromatic rings. The number of ether oxygens (including phenoxy) is 1. The maximum absolute atomic E-state index is 4.72. The SMILES string of the molecule is C=C/C(=C\S)OC. The molecule has 0 spiro atoms. The zero-order chi connectivity index (χ0) is 5.70. The lowest BCUT2D eigenvalue weighted by atomic mass is 10.6. The van der Waals surface area contributed by atoms with Gasteiger partial charge in [-0.1, -0.05) is 6.58 Å². The van der Waals surface area contributed by atoms with E-state index in [0.717, 1.165) is 0 Å². The van der Waals surface area contributed by atoms with Crippen molar-refractivity contribution in [1.82, 2.24) is 0 Å². The maximum atomic E-state index is 4.72. The fourth-order valence-electron chi connectivity index (χ4n) is 0.189. The normalized spacial score (nSPS) is 10.9. The molecule has 0 aliphatic rings. The maximum Gasteiger partial charge on any atom is 0.124 e. The first-order valence-corrected chi connectivity index (χ1v) is 2.37. The van der Waals surface area contributed by atoms with Crippen LogP contribution in [0, 0.1) is 0 Å². The van der Waals surface area contributed by atoms with Gasteiger partial charge in [0.15, 0.2) is 0 Å². The highest BCUT2D eigenvalue weighted by Gasteiger charge is 1.78. The van der Waals surface area contributed by atoms with Crippen LogP contribution in [0.25, 0.3) is 0 Å². The standard InChI is InChI=1S/C5H8OS/c1-3-5(4-7)6-2/h3-4,7H,1H2,2H3/b5-4+. The minimum Gasteiger partial charge on any atom is -0.496 e. The molecule has 0 saturated heterocycles. The van der Waals surface area contributed by atoms with Gasteiger partial charge in [-0.15, -0.1) is 12.6 Å². The molecule has 7 heavy (non-hydrogen) atoms. The first kappa shape index (κ1) is 6.63. The van der Waals surface area contributed by atoms with Crippen LogP contribution in [-0.2, 0) is 4.74 Å². The molecular formula is C5H8OS. The van der Waals surface area contributed by atoms with Crippen LogP contribution in [0.1, 0.15) is 0 Å². The Morgan fingerprint density at radius 3 is 2.43 bits per heavy atom. The molecule has 1 nitrogen and oxygen atoms in total. The summed E-state index contributed by atoms with van der Waals surface area (Å²) in [4.78, 5) is 0. The molecule has 0 radical (unpaired) electrons. The summed E-state index contributed by atoms with van der Waals surface area (Å²) in [5.41, 5.74) is 0. The topological polar surface area (TPSA) is 9.23 Å². The van der Waals surface area contributed by atoms with Gasteiger partial charge in [0.1, 0.15) is 5.76 Å². The molecule has 0 aliphatic heterocycles. The van der Waals surface area contributed by atoms with Gasteiger partial charge in [-0.3, -0.25) is 0 Å². The van der Waals surface area contributed by atoms with Crippen LogP contribution >= 0.6 is 12.6 Å². The second kappa shape index (κ2) is 3.81. The predicted molar refractivity (Wildman–Crippen MR) is 34.3 cm³/mol. The predicted octanol–water partition coefficient (Wildman–Crippen LogP) is 1.59. The summed E-state index contributed by atoms with van der Waals surface area (Å²) >= 11 is 3.82. The lowest BCUT2D eigenvalue weighted by Gasteiger charge is -1.93. The Bertz CT molecular complexity index is 86.1. The highest BCUT2D eigenvalue weighted by molar-refractivity contribution is 7.83. The molecule has 0 fully saturated rings. The van der Waals surface area contributed by atoms with E-state index >= 15 is 0 Å². The summed E-state index contributed by atoms with van der Waals surface area (Å²) in [7, 11) is 1.57. The molecule has 0 saturated carbocycles. The van der Waals surface area contributed by atoms with E-state index in [4.69, 9.17) is 4.74 Å². The quantitative estimate of drug-likeness (QED) is 0.327. The number of methoxy groups -OCH3 is 1. The van der Waals surface area contributed by atoms with Crippen molar-refractivity contribution in [3.8, 4) is 0 Å². The molecule has 0 heterocycles. The van der Waals surface area contributed by atoms with Crippen molar-refractivity contribution in [2.24, 2.45) is 0 Å². The van der Waals surface area contributed by atoms with Crippen molar-refractivity contribution in [2.75, 3.05) is 7.11 Å². The Kier molecular flexibility index (Phi) is 3.61. The second-order valence-corrected chi connectivity index (χ2v) is 1.20. The van der Waals surface area contributed by atoms with E-state index in [2.05, 4.69) is 19.2 Å². The molecule has 0 bridgehead atoms. The lowest BCUT2D eigenvalue weighted by Crippen LogP contribution is -1.75. The van der Waals surface area contributed by atoms with Gasteiger partial charge in [-0.25, -0.2) is 0 Å². The minimum absolute atomic E-state index is 0.684. The molecule has 0 atom stereocenters. The largest absolute Gasteiger partial charge is 0.496 e. The van der Waals surface area contributed by atoms with E-state index in [1.54, 1.807) is 18.6 Å². The molecule has 0 aliphatic carbocycles. The molecule has 0 amide bonds. The van der Waals surface area contributed by atoms with Crippen LogP contribution in [0.15, 0.2) is 23.8 Å². The number of hydrogen-bond acceptors (Lipinski definition) is 2. The van der Waals surface area contributed by atoms with Crippen molar-refractivity contribution in [1.29, 1.82) is 0 Å². The van der Waals surface area contributed by atoms with Crippen molar-refractivity contribution < 1.29 is 4.74 Å². The summed E-state index contributed by atoms with van der Waals surface area (Å²) in [6.07, 6.45) is 1.59. The fraction of sp³-hybridized carbons (Fsp3) is 0.200. The van der Waals surface area contributed by atoms with Crippen LogP contribution in [0.3, 0.4) is 0 Å². The molecule has 0 rings (SSSR count). The fourth-order valence-corrected chi connectivity index (χ4v) is 0.400. The Balaban J connectivity index is 3.60. The third-order valence-electron chi connectivity index (χ3n) is 0.564. The minimum atomic E-state index is 0.684. The van der Waals surface area contributed by atoms with E-state index in [1.165, 1.54) is 0 Å². The first-order chi connectivity index (χ1) is 3.35. The third-order valence-corrected chi connectivity index (χ3v) is 0.819. The average Bonchev–Trinajstić information content (AvgIpc) is 1.72. The molecule has 0 unspecified atom stereocenters. The third kappa shape index (κ3) is 2.34. The molecule has 0 aromatic heterocycles. The summed E-state index contributed by atoms with van der Waals surface area (Å²) < 4.78 is 4.72. The van der Waals surface area contributed by atoms with Crippen molar-refractivity contribution in [2.45, 2.75) is 0 Å². The van der Waals surface area contributed by atoms with Crippen LogP contribution in [-0.4, -0.2) is 7.11 Å². The molecular weight excluding hydrogens is 108 g/mol. The molecule has 40 valence electrons. The zero-order valence-electron chi connectivity index (χ0n) is 4.22. The zero-order valence-corrected chi connectivity index (χ0v) is 5.11. The summed E-state index contributed by atoms with van der Waals surface area (Å²) in [5, 5.41) is 1.55. The van der Waals surface area contributed by atoms with Crippen LogP contribution in [0.4, 0.5) is 0 Å². The van der Waals surface area contributed by atoms with E-state index in [1.807, 2.05) is 0 Å². The Labute approximate surface area is 49.1 Å². The lowest BCUT2D eigenvalue weighted by molar-refractivity contribution is 0.308. The molecule has 2 heteroatoms. The van der Waals surface area contributed by atoms with Crippen molar-refractivity contribution >= 4 is 12.6 Å². The van der Waals surface area contributed by atoms with Crippen LogP contribution < -0.4 is 0 Å². The summed E-state index contributed by atoms with van der Waals surface area (Å²) in [6.45, 7) is 3.46. The van der Waals surface area contributed by atoms with Crippen LogP contribution in [0.2, 0.25) is 0 Å². The Morgan fingerprint density at radius 2 is 2.43 bits per heavy atom. The molecule has 0 aromatic carbocycles. The molecule has 0 N–H and O–H groups in total. The van der Waals surface area contributed by atoms with Crippen molar-refractivity contribution in [3.63, 3.8) is 0 Å². The highest BCUT2D eigenvalue weighted by Crippen LogP contribution is 1.95. The van der Waals surface area contributed by atoms with Gasteiger partial charge in [0.05, 0.1) is 7.11 Å². The van der Waals surface area contributed by atoms with E-state index < -0.39 is 0 Å². The summed E-state index contributed by atoms with van der Waals surface area (Å²) in [6, 6.07) is 0. The Hall–Kier alpha value is -0.370. The smallest absolute Gasteiger partial charge is 0.124 e. The van der Waals surface area contributed by atoms with E-state index in [0.29, 0.717) is 5.76 Å². The number of hydrogen-bond donors (Lipinski definition) is 1. The van der Waals surface area contributed by atoms with Crippen molar-refractivity contribution in [3.05, 3.63) is 23.8 Å². The van der Waals surface area contributed by atoms with Gasteiger partial charge in [0.2, 0.25) is 0 Å². The summed E-state index contributed by atoms with van der Waals surface area (Å²) in [5.74, 6) is 0.684. The van der Waals surface area contributed by atoms with E-state index in [9.17, 15) is 0 Å². The van der Waals surface area contributed by atoms with Gasteiger partial charge in [-0.05, 0) is 6.08 Å². The van der Waals surface area contributed by atoms with Gasteiger partial charge in [-0.2, -0.15) is 0 Å². The first-order valence-electron chi connectivity index (χ1n) is 1.86. The average molecular weight is 116 g/mol. The number of rotatable bonds is 2. The second-order valence-electron chi connectivity index (χ2n) is 0.940. The number of thiol groups is 1. The number of allylic oxidation sites excluding steroid dienone is 1.